The standard InChI is InChI=1S/C17H27N/c1-14(2)16-7-5-15(6-8-16)13-18-11-9-17(3,4)10-12-18/h5-8,14H,9-13H2,1-4H3. The Bertz CT molecular complexity index is 365. The van der Waals surface area contributed by atoms with Crippen molar-refractivity contribution >= 4 is 0 Å². The van der Waals surface area contributed by atoms with E-state index in [4.69, 9.17) is 0 Å². The first-order chi connectivity index (χ1) is 8.46. The molecule has 0 saturated carbocycles. The first kappa shape index (κ1) is 13.6. The highest BCUT2D eigenvalue weighted by Crippen LogP contribution is 2.30. The minimum Gasteiger partial charge on any atom is -0.299 e. The van der Waals surface area contributed by atoms with Gasteiger partial charge in [-0.1, -0.05) is 52.0 Å². The van der Waals surface area contributed by atoms with Crippen LogP contribution in [0.2, 0.25) is 0 Å². The highest BCUT2D eigenvalue weighted by Gasteiger charge is 2.24. The summed E-state index contributed by atoms with van der Waals surface area (Å²) in [6, 6.07) is 9.17. The molecule has 1 nitrogen and oxygen atoms in total. The number of benzene rings is 1. The molecule has 1 saturated heterocycles. The molecule has 0 radical (unpaired) electrons. The normalized spacial score (nSPS) is 20.3. The summed E-state index contributed by atoms with van der Waals surface area (Å²) >= 11 is 0. The van der Waals surface area contributed by atoms with Crippen LogP contribution in [-0.2, 0) is 6.54 Å². The van der Waals surface area contributed by atoms with Crippen LogP contribution in [0.4, 0.5) is 0 Å². The predicted molar refractivity (Wildman–Crippen MR) is 78.8 cm³/mol. The minimum atomic E-state index is 0.554. The van der Waals surface area contributed by atoms with E-state index in [0.29, 0.717) is 11.3 Å². The minimum absolute atomic E-state index is 0.554. The maximum absolute atomic E-state index is 2.59. The molecule has 0 aliphatic carbocycles. The van der Waals surface area contributed by atoms with Crippen LogP contribution < -0.4 is 0 Å². The van der Waals surface area contributed by atoms with Crippen molar-refractivity contribution < 1.29 is 0 Å². The first-order valence-electron chi connectivity index (χ1n) is 7.27. The summed E-state index contributed by atoms with van der Waals surface area (Å²) in [7, 11) is 0. The van der Waals surface area contributed by atoms with Crippen molar-refractivity contribution in [1.29, 1.82) is 0 Å². The molecule has 0 spiro atoms. The van der Waals surface area contributed by atoms with Gasteiger partial charge in [-0.3, -0.25) is 4.90 Å². The van der Waals surface area contributed by atoms with E-state index >= 15 is 0 Å². The molecule has 0 aromatic heterocycles. The van der Waals surface area contributed by atoms with E-state index in [1.165, 1.54) is 37.1 Å². The zero-order chi connectivity index (χ0) is 13.2. The number of rotatable bonds is 3. The van der Waals surface area contributed by atoms with Gasteiger partial charge in [0.25, 0.3) is 0 Å². The monoisotopic (exact) mass is 245 g/mol. The number of piperidine rings is 1. The van der Waals surface area contributed by atoms with Crippen molar-refractivity contribution in [2.45, 2.75) is 53.0 Å². The van der Waals surface area contributed by atoms with Crippen molar-refractivity contribution in [2.75, 3.05) is 13.1 Å². The molecule has 1 aromatic carbocycles. The molecule has 1 fully saturated rings. The van der Waals surface area contributed by atoms with Gasteiger partial charge in [-0.05, 0) is 48.4 Å². The quantitative estimate of drug-likeness (QED) is 0.761. The Hall–Kier alpha value is -0.820. The number of hydrogen-bond donors (Lipinski definition) is 0. The lowest BCUT2D eigenvalue weighted by Crippen LogP contribution is -2.36. The Kier molecular flexibility index (Phi) is 4.11. The fourth-order valence-electron chi connectivity index (χ4n) is 2.58. The summed E-state index contributed by atoms with van der Waals surface area (Å²) < 4.78 is 0. The fraction of sp³-hybridized carbons (Fsp3) is 0.647. The molecule has 1 aliphatic heterocycles. The van der Waals surface area contributed by atoms with Gasteiger partial charge in [-0.2, -0.15) is 0 Å². The van der Waals surface area contributed by atoms with Crippen molar-refractivity contribution in [3.63, 3.8) is 0 Å². The molecule has 1 aromatic rings. The third-order valence-corrected chi connectivity index (χ3v) is 4.26. The summed E-state index contributed by atoms with van der Waals surface area (Å²) in [5, 5.41) is 0. The van der Waals surface area contributed by atoms with E-state index < -0.39 is 0 Å². The second kappa shape index (κ2) is 5.44. The van der Waals surface area contributed by atoms with E-state index in [0.717, 1.165) is 6.54 Å². The van der Waals surface area contributed by atoms with Crippen LogP contribution in [0, 0.1) is 5.41 Å². The highest BCUT2D eigenvalue weighted by atomic mass is 15.1. The van der Waals surface area contributed by atoms with E-state index in [-0.39, 0.29) is 0 Å². The van der Waals surface area contributed by atoms with Crippen molar-refractivity contribution in [1.82, 2.24) is 4.90 Å². The Balaban J connectivity index is 1.90. The average molecular weight is 245 g/mol. The molecule has 100 valence electrons. The van der Waals surface area contributed by atoms with Crippen LogP contribution in [0.15, 0.2) is 24.3 Å². The Morgan fingerprint density at radius 1 is 1.06 bits per heavy atom. The smallest absolute Gasteiger partial charge is 0.0233 e. The van der Waals surface area contributed by atoms with Gasteiger partial charge in [-0.25, -0.2) is 0 Å². The van der Waals surface area contributed by atoms with Gasteiger partial charge in [-0.15, -0.1) is 0 Å². The molecule has 1 heteroatoms. The summed E-state index contributed by atoms with van der Waals surface area (Å²) in [6.07, 6.45) is 2.66. The topological polar surface area (TPSA) is 3.24 Å². The molecule has 1 aliphatic rings. The summed E-state index contributed by atoms with van der Waals surface area (Å²) in [4.78, 5) is 2.59. The summed E-state index contributed by atoms with van der Waals surface area (Å²) in [5.41, 5.74) is 3.45. The summed E-state index contributed by atoms with van der Waals surface area (Å²) in [5.74, 6) is 0.634. The number of hydrogen-bond acceptors (Lipinski definition) is 1. The maximum Gasteiger partial charge on any atom is 0.0233 e. The van der Waals surface area contributed by atoms with E-state index in [1.807, 2.05) is 0 Å². The van der Waals surface area contributed by atoms with Gasteiger partial charge in [0, 0.05) is 6.54 Å². The molecular formula is C17H27N. The van der Waals surface area contributed by atoms with Gasteiger partial charge in [0.15, 0.2) is 0 Å². The maximum atomic E-state index is 2.59. The lowest BCUT2D eigenvalue weighted by Gasteiger charge is -2.36. The van der Waals surface area contributed by atoms with Gasteiger partial charge in [0.05, 0.1) is 0 Å². The zero-order valence-corrected chi connectivity index (χ0v) is 12.4. The lowest BCUT2D eigenvalue weighted by atomic mass is 9.82. The molecule has 2 rings (SSSR count). The van der Waals surface area contributed by atoms with Gasteiger partial charge in [0.1, 0.15) is 0 Å². The highest BCUT2D eigenvalue weighted by molar-refractivity contribution is 5.24. The zero-order valence-electron chi connectivity index (χ0n) is 12.4. The number of likely N-dealkylation sites (tertiary alicyclic amines) is 1. The van der Waals surface area contributed by atoms with Crippen LogP contribution in [-0.4, -0.2) is 18.0 Å². The predicted octanol–water partition coefficient (Wildman–Crippen LogP) is 4.43. The van der Waals surface area contributed by atoms with Gasteiger partial charge < -0.3 is 0 Å². The molecule has 0 unspecified atom stereocenters. The Labute approximate surface area is 112 Å². The third-order valence-electron chi connectivity index (χ3n) is 4.26. The Morgan fingerprint density at radius 3 is 2.11 bits per heavy atom. The largest absolute Gasteiger partial charge is 0.299 e. The molecule has 1 heterocycles. The second-order valence-corrected chi connectivity index (χ2v) is 6.84. The van der Waals surface area contributed by atoms with Crippen LogP contribution in [0.5, 0.6) is 0 Å². The lowest BCUT2D eigenvalue weighted by molar-refractivity contribution is 0.127. The van der Waals surface area contributed by atoms with E-state index in [2.05, 4.69) is 56.9 Å². The first-order valence-corrected chi connectivity index (χ1v) is 7.27. The fourth-order valence-corrected chi connectivity index (χ4v) is 2.58. The number of nitrogens with zero attached hydrogens (tertiary/aromatic N) is 1. The average Bonchev–Trinajstić information content (AvgIpc) is 2.33. The molecule has 0 atom stereocenters. The molecule has 0 bridgehead atoms. The van der Waals surface area contributed by atoms with Gasteiger partial charge >= 0.3 is 0 Å². The molecule has 18 heavy (non-hydrogen) atoms. The van der Waals surface area contributed by atoms with E-state index in [1.54, 1.807) is 0 Å². The van der Waals surface area contributed by atoms with Crippen molar-refractivity contribution in [2.24, 2.45) is 5.41 Å². The SMILES string of the molecule is CC(C)c1ccc(CN2CCC(C)(C)CC2)cc1. The van der Waals surface area contributed by atoms with Crippen molar-refractivity contribution in [3.05, 3.63) is 35.4 Å². The van der Waals surface area contributed by atoms with Crippen LogP contribution >= 0.6 is 0 Å². The third kappa shape index (κ3) is 3.58. The molecular weight excluding hydrogens is 218 g/mol. The van der Waals surface area contributed by atoms with E-state index in [9.17, 15) is 0 Å². The van der Waals surface area contributed by atoms with Gasteiger partial charge in [0.2, 0.25) is 0 Å². The van der Waals surface area contributed by atoms with Crippen molar-refractivity contribution in [3.8, 4) is 0 Å². The molecule has 0 N–H and O–H groups in total. The van der Waals surface area contributed by atoms with Crippen LogP contribution in [0.3, 0.4) is 0 Å². The van der Waals surface area contributed by atoms with Crippen LogP contribution in [0.1, 0.15) is 57.6 Å². The van der Waals surface area contributed by atoms with Crippen LogP contribution in [0.25, 0.3) is 0 Å². The summed E-state index contributed by atoms with van der Waals surface area (Å²) in [6.45, 7) is 12.9. The second-order valence-electron chi connectivity index (χ2n) is 6.84. The Morgan fingerprint density at radius 2 is 1.61 bits per heavy atom. The molecule has 0 amide bonds.